The first-order chi connectivity index (χ1) is 7.65. The van der Waals surface area contributed by atoms with E-state index < -0.39 is 11.6 Å². The van der Waals surface area contributed by atoms with E-state index in [4.69, 9.17) is 16.3 Å². The molecule has 2 aromatic rings. The van der Waals surface area contributed by atoms with Crippen molar-refractivity contribution in [3.05, 3.63) is 53.2 Å². The Hall–Kier alpha value is -1.68. The summed E-state index contributed by atoms with van der Waals surface area (Å²) >= 11 is 5.62. The van der Waals surface area contributed by atoms with Gasteiger partial charge in [0.2, 0.25) is 5.88 Å². The van der Waals surface area contributed by atoms with Gasteiger partial charge in [0.25, 0.3) is 0 Å². The summed E-state index contributed by atoms with van der Waals surface area (Å²) < 4.78 is 31.1. The fourth-order valence-corrected chi connectivity index (χ4v) is 1.27. The molecule has 0 spiro atoms. The third-order valence-electron chi connectivity index (χ3n) is 1.80. The van der Waals surface area contributed by atoms with Crippen LogP contribution in [-0.4, -0.2) is 4.98 Å². The Morgan fingerprint density at radius 3 is 2.69 bits per heavy atom. The molecule has 2 rings (SSSR count). The molecule has 0 unspecified atom stereocenters. The van der Waals surface area contributed by atoms with E-state index in [1.165, 1.54) is 6.07 Å². The molecule has 0 saturated heterocycles. The summed E-state index contributed by atoms with van der Waals surface area (Å²) in [5, 5.41) is 0.217. The molecule has 0 aliphatic carbocycles. The standard InChI is InChI=1S/C11H6ClF2NO/c12-10-2-1-3-11(15-10)16-9-6-7(13)4-5-8(9)14/h1-6H. The highest BCUT2D eigenvalue weighted by Gasteiger charge is 2.07. The van der Waals surface area contributed by atoms with Gasteiger partial charge in [0, 0.05) is 12.1 Å². The van der Waals surface area contributed by atoms with Crippen molar-refractivity contribution < 1.29 is 13.5 Å². The van der Waals surface area contributed by atoms with E-state index in [1.54, 1.807) is 12.1 Å². The van der Waals surface area contributed by atoms with E-state index in [0.29, 0.717) is 0 Å². The van der Waals surface area contributed by atoms with E-state index in [0.717, 1.165) is 18.2 Å². The molecule has 16 heavy (non-hydrogen) atoms. The SMILES string of the molecule is Fc1ccc(F)c(Oc2cccc(Cl)n2)c1. The minimum atomic E-state index is -0.664. The van der Waals surface area contributed by atoms with E-state index in [1.807, 2.05) is 0 Å². The van der Waals surface area contributed by atoms with Gasteiger partial charge in [-0.1, -0.05) is 17.7 Å². The first-order valence-corrected chi connectivity index (χ1v) is 4.78. The molecule has 0 radical (unpaired) electrons. The third kappa shape index (κ3) is 2.46. The molecule has 1 aromatic carbocycles. The van der Waals surface area contributed by atoms with Crippen molar-refractivity contribution in [1.82, 2.24) is 4.98 Å². The van der Waals surface area contributed by atoms with Crippen LogP contribution in [0.25, 0.3) is 0 Å². The molecule has 0 N–H and O–H groups in total. The van der Waals surface area contributed by atoms with Crippen LogP contribution in [0, 0.1) is 11.6 Å². The Kier molecular flexibility index (Phi) is 3.01. The second-order valence-corrected chi connectivity index (χ2v) is 3.36. The topological polar surface area (TPSA) is 22.1 Å². The van der Waals surface area contributed by atoms with Crippen LogP contribution in [-0.2, 0) is 0 Å². The maximum atomic E-state index is 13.2. The van der Waals surface area contributed by atoms with Crippen molar-refractivity contribution >= 4 is 11.6 Å². The van der Waals surface area contributed by atoms with Crippen LogP contribution in [0.4, 0.5) is 8.78 Å². The van der Waals surface area contributed by atoms with Crippen LogP contribution < -0.4 is 4.74 Å². The molecular formula is C11H6ClF2NO. The highest BCUT2D eigenvalue weighted by Crippen LogP contribution is 2.24. The molecule has 0 amide bonds. The molecule has 0 saturated carbocycles. The number of halogens is 3. The lowest BCUT2D eigenvalue weighted by atomic mass is 10.3. The number of rotatable bonds is 2. The second-order valence-electron chi connectivity index (χ2n) is 2.98. The molecule has 5 heteroatoms. The smallest absolute Gasteiger partial charge is 0.220 e. The van der Waals surface area contributed by atoms with Crippen molar-refractivity contribution in [2.75, 3.05) is 0 Å². The van der Waals surface area contributed by atoms with E-state index in [9.17, 15) is 8.78 Å². The Labute approximate surface area is 95.5 Å². The molecule has 0 fully saturated rings. The number of hydrogen-bond acceptors (Lipinski definition) is 2. The van der Waals surface area contributed by atoms with Crippen LogP contribution >= 0.6 is 11.6 Å². The summed E-state index contributed by atoms with van der Waals surface area (Å²) in [6, 6.07) is 7.58. The second kappa shape index (κ2) is 4.45. The lowest BCUT2D eigenvalue weighted by Crippen LogP contribution is -1.91. The van der Waals surface area contributed by atoms with Gasteiger partial charge in [0.15, 0.2) is 11.6 Å². The average molecular weight is 242 g/mol. The largest absolute Gasteiger partial charge is 0.436 e. The van der Waals surface area contributed by atoms with Crippen molar-refractivity contribution in [1.29, 1.82) is 0 Å². The number of nitrogens with zero attached hydrogens (tertiary/aromatic N) is 1. The van der Waals surface area contributed by atoms with Crippen molar-refractivity contribution in [2.24, 2.45) is 0 Å². The highest BCUT2D eigenvalue weighted by atomic mass is 35.5. The molecule has 82 valence electrons. The van der Waals surface area contributed by atoms with Crippen LogP contribution in [0.3, 0.4) is 0 Å². The van der Waals surface area contributed by atoms with Gasteiger partial charge < -0.3 is 4.74 Å². The van der Waals surface area contributed by atoms with E-state index >= 15 is 0 Å². The summed E-state index contributed by atoms with van der Waals surface area (Å²) in [5.74, 6) is -1.37. The molecule has 0 aliphatic rings. The van der Waals surface area contributed by atoms with Gasteiger partial charge in [0.05, 0.1) is 0 Å². The maximum absolute atomic E-state index is 13.2. The van der Waals surface area contributed by atoms with Crippen molar-refractivity contribution in [3.8, 4) is 11.6 Å². The van der Waals surface area contributed by atoms with Crippen LogP contribution in [0.15, 0.2) is 36.4 Å². The Morgan fingerprint density at radius 1 is 1.12 bits per heavy atom. The predicted molar refractivity (Wildman–Crippen MR) is 55.7 cm³/mol. The predicted octanol–water partition coefficient (Wildman–Crippen LogP) is 3.81. The van der Waals surface area contributed by atoms with Crippen molar-refractivity contribution in [2.45, 2.75) is 0 Å². The number of hydrogen-bond donors (Lipinski definition) is 0. The van der Waals surface area contributed by atoms with Gasteiger partial charge >= 0.3 is 0 Å². The third-order valence-corrected chi connectivity index (χ3v) is 2.01. The zero-order chi connectivity index (χ0) is 11.5. The Balaban J connectivity index is 2.30. The van der Waals surface area contributed by atoms with Gasteiger partial charge in [0.1, 0.15) is 11.0 Å². The van der Waals surface area contributed by atoms with Gasteiger partial charge in [-0.3, -0.25) is 0 Å². The fourth-order valence-electron chi connectivity index (χ4n) is 1.11. The maximum Gasteiger partial charge on any atom is 0.220 e. The van der Waals surface area contributed by atoms with Gasteiger partial charge in [-0.15, -0.1) is 0 Å². The Bertz CT molecular complexity index is 519. The molecule has 1 heterocycles. The monoisotopic (exact) mass is 241 g/mol. The summed E-state index contributed by atoms with van der Waals surface area (Å²) in [5.41, 5.74) is 0. The van der Waals surface area contributed by atoms with Crippen LogP contribution in [0.2, 0.25) is 5.15 Å². The van der Waals surface area contributed by atoms with E-state index in [2.05, 4.69) is 4.98 Å². The van der Waals surface area contributed by atoms with Crippen molar-refractivity contribution in [3.63, 3.8) is 0 Å². The normalized spacial score (nSPS) is 10.2. The minimum Gasteiger partial charge on any atom is -0.436 e. The van der Waals surface area contributed by atoms with E-state index in [-0.39, 0.29) is 16.8 Å². The lowest BCUT2D eigenvalue weighted by molar-refractivity contribution is 0.422. The lowest BCUT2D eigenvalue weighted by Gasteiger charge is -2.05. The quantitative estimate of drug-likeness (QED) is 0.746. The van der Waals surface area contributed by atoms with Gasteiger partial charge in [-0.2, -0.15) is 0 Å². The molecular weight excluding hydrogens is 236 g/mol. The zero-order valence-electron chi connectivity index (χ0n) is 7.95. The number of ether oxygens (including phenoxy) is 1. The first kappa shape index (κ1) is 10.8. The number of pyridine rings is 1. The Morgan fingerprint density at radius 2 is 1.94 bits per heavy atom. The van der Waals surface area contributed by atoms with Gasteiger partial charge in [-0.05, 0) is 18.2 Å². The molecule has 0 atom stereocenters. The summed E-state index contributed by atoms with van der Waals surface area (Å²) in [4.78, 5) is 3.79. The van der Waals surface area contributed by atoms with Gasteiger partial charge in [-0.25, -0.2) is 13.8 Å². The number of aromatic nitrogens is 1. The molecule has 0 aliphatic heterocycles. The highest BCUT2D eigenvalue weighted by molar-refractivity contribution is 6.29. The summed E-state index contributed by atoms with van der Waals surface area (Å²) in [7, 11) is 0. The van der Waals surface area contributed by atoms with Crippen LogP contribution in [0.1, 0.15) is 0 Å². The number of benzene rings is 1. The first-order valence-electron chi connectivity index (χ1n) is 4.40. The molecule has 2 nitrogen and oxygen atoms in total. The minimum absolute atomic E-state index is 0.108. The molecule has 1 aromatic heterocycles. The summed E-state index contributed by atoms with van der Waals surface area (Å²) in [6.07, 6.45) is 0. The fraction of sp³-hybridized carbons (Fsp3) is 0. The molecule has 0 bridgehead atoms. The zero-order valence-corrected chi connectivity index (χ0v) is 8.71. The van der Waals surface area contributed by atoms with Crippen LogP contribution in [0.5, 0.6) is 11.6 Å². The average Bonchev–Trinajstić information content (AvgIpc) is 2.24. The summed E-state index contributed by atoms with van der Waals surface area (Å²) in [6.45, 7) is 0.